The third kappa shape index (κ3) is 4.81. The molecule has 1 saturated heterocycles. The lowest BCUT2D eigenvalue weighted by Gasteiger charge is -2.42. The zero-order valence-electron chi connectivity index (χ0n) is 17.1. The lowest BCUT2D eigenvalue weighted by molar-refractivity contribution is -0.244. The molecule has 1 amide bonds. The molecule has 30 heavy (non-hydrogen) atoms. The van der Waals surface area contributed by atoms with Gasteiger partial charge in [-0.25, -0.2) is 4.79 Å². The zero-order valence-corrected chi connectivity index (χ0v) is 17.1. The highest BCUT2D eigenvalue weighted by atomic mass is 16.7. The van der Waals surface area contributed by atoms with E-state index in [2.05, 4.69) is 5.32 Å². The molecule has 0 aliphatic carbocycles. The molecule has 3 rings (SSSR count). The second kappa shape index (κ2) is 9.13. The first kappa shape index (κ1) is 22.2. The quantitative estimate of drug-likeness (QED) is 0.493. The maximum atomic E-state index is 12.3. The normalized spacial score (nSPS) is 26.7. The van der Waals surface area contributed by atoms with Crippen molar-refractivity contribution >= 4 is 16.9 Å². The van der Waals surface area contributed by atoms with Gasteiger partial charge in [0.05, 0.1) is 6.61 Å². The van der Waals surface area contributed by atoms with E-state index >= 15 is 0 Å². The molecule has 2 heterocycles. The molecular weight excluding hydrogens is 394 g/mol. The standard InChI is InChI=1S/C21H27NO8/c1-10(2)6-16(24)22-18-20(27)19(26)15(9-23)30-21(18)28-12-4-5-13-11(3)7-17(25)29-14(13)8-12/h4-5,7-8,10,15,18-21,23,26-27H,6,9H2,1-3H3,(H,22,24)/t15-,18-,19-,20-,21-/m1/s1. The molecule has 9 nitrogen and oxygen atoms in total. The second-order valence-corrected chi connectivity index (χ2v) is 7.92. The van der Waals surface area contributed by atoms with Gasteiger partial charge in [0.2, 0.25) is 12.2 Å². The number of carbonyl (C=O) groups excluding carboxylic acids is 1. The van der Waals surface area contributed by atoms with E-state index in [1.165, 1.54) is 12.1 Å². The Bertz CT molecular complexity index is 956. The highest BCUT2D eigenvalue weighted by Crippen LogP contribution is 2.27. The van der Waals surface area contributed by atoms with Crippen LogP contribution in [-0.4, -0.2) is 58.5 Å². The summed E-state index contributed by atoms with van der Waals surface area (Å²) >= 11 is 0. The number of aliphatic hydroxyl groups excluding tert-OH is 3. The number of aliphatic hydroxyl groups is 3. The number of carbonyl (C=O) groups is 1. The molecule has 0 bridgehead atoms. The highest BCUT2D eigenvalue weighted by molar-refractivity contribution is 5.81. The Labute approximate surface area is 173 Å². The number of fused-ring (bicyclic) bond motifs is 1. The van der Waals surface area contributed by atoms with Crippen molar-refractivity contribution in [1.82, 2.24) is 5.32 Å². The van der Waals surface area contributed by atoms with E-state index in [-0.39, 0.29) is 24.0 Å². The number of benzene rings is 1. The van der Waals surface area contributed by atoms with Gasteiger partial charge < -0.3 is 34.5 Å². The van der Waals surface area contributed by atoms with Gasteiger partial charge in [0, 0.05) is 23.9 Å². The monoisotopic (exact) mass is 421 g/mol. The molecule has 0 radical (unpaired) electrons. The van der Waals surface area contributed by atoms with Gasteiger partial charge in [-0.1, -0.05) is 13.8 Å². The van der Waals surface area contributed by atoms with Crippen LogP contribution in [-0.2, 0) is 9.53 Å². The first-order valence-corrected chi connectivity index (χ1v) is 9.82. The van der Waals surface area contributed by atoms with Crippen LogP contribution in [0.15, 0.2) is 33.5 Å². The number of amides is 1. The van der Waals surface area contributed by atoms with E-state index in [0.29, 0.717) is 5.58 Å². The smallest absolute Gasteiger partial charge is 0.336 e. The van der Waals surface area contributed by atoms with E-state index in [1.54, 1.807) is 19.1 Å². The maximum absolute atomic E-state index is 12.3. The molecule has 0 saturated carbocycles. The summed E-state index contributed by atoms with van der Waals surface area (Å²) in [5.41, 5.74) is 0.566. The number of hydrogen-bond acceptors (Lipinski definition) is 8. The predicted molar refractivity (Wildman–Crippen MR) is 107 cm³/mol. The molecule has 0 unspecified atom stereocenters. The van der Waals surface area contributed by atoms with Crippen LogP contribution in [0.2, 0.25) is 0 Å². The van der Waals surface area contributed by atoms with Gasteiger partial charge in [0.1, 0.15) is 35.7 Å². The van der Waals surface area contributed by atoms with Gasteiger partial charge >= 0.3 is 5.63 Å². The molecule has 1 fully saturated rings. The summed E-state index contributed by atoms with van der Waals surface area (Å²) < 4.78 is 16.7. The van der Waals surface area contributed by atoms with Crippen molar-refractivity contribution in [3.8, 4) is 5.75 Å². The van der Waals surface area contributed by atoms with Crippen molar-refractivity contribution in [2.24, 2.45) is 5.92 Å². The lowest BCUT2D eigenvalue weighted by atomic mass is 9.96. The molecule has 1 aliphatic heterocycles. The molecular formula is C21H27NO8. The maximum Gasteiger partial charge on any atom is 0.336 e. The summed E-state index contributed by atoms with van der Waals surface area (Å²) in [6.45, 7) is 5.00. The van der Waals surface area contributed by atoms with Crippen LogP contribution in [0.25, 0.3) is 11.0 Å². The van der Waals surface area contributed by atoms with Crippen molar-refractivity contribution in [3.63, 3.8) is 0 Å². The number of hydrogen-bond donors (Lipinski definition) is 4. The minimum absolute atomic E-state index is 0.0905. The van der Waals surface area contributed by atoms with Crippen LogP contribution in [0.3, 0.4) is 0 Å². The van der Waals surface area contributed by atoms with Crippen LogP contribution in [0, 0.1) is 12.8 Å². The fourth-order valence-corrected chi connectivity index (χ4v) is 3.46. The lowest BCUT2D eigenvalue weighted by Crippen LogP contribution is -2.65. The largest absolute Gasteiger partial charge is 0.462 e. The third-order valence-corrected chi connectivity index (χ3v) is 4.98. The molecule has 164 valence electrons. The Hall–Kier alpha value is -2.46. The van der Waals surface area contributed by atoms with Crippen LogP contribution in [0.5, 0.6) is 5.75 Å². The first-order valence-electron chi connectivity index (χ1n) is 9.82. The number of nitrogens with one attached hydrogen (secondary N) is 1. The van der Waals surface area contributed by atoms with E-state index < -0.39 is 42.9 Å². The molecule has 0 spiro atoms. The van der Waals surface area contributed by atoms with Crippen molar-refractivity contribution in [3.05, 3.63) is 40.2 Å². The summed E-state index contributed by atoms with van der Waals surface area (Å²) in [6, 6.07) is 5.17. The van der Waals surface area contributed by atoms with Crippen molar-refractivity contribution in [1.29, 1.82) is 0 Å². The highest BCUT2D eigenvalue weighted by Gasteiger charge is 2.46. The molecule has 2 aromatic rings. The number of rotatable bonds is 6. The summed E-state index contributed by atoms with van der Waals surface area (Å²) in [6.07, 6.45) is -4.89. The van der Waals surface area contributed by atoms with E-state index in [1.807, 2.05) is 13.8 Å². The Balaban J connectivity index is 1.88. The summed E-state index contributed by atoms with van der Waals surface area (Å²) in [4.78, 5) is 23.9. The average Bonchev–Trinajstić information content (AvgIpc) is 2.66. The Morgan fingerprint density at radius 1 is 1.23 bits per heavy atom. The predicted octanol–water partition coefficient (Wildman–Crippen LogP) is 0.450. The third-order valence-electron chi connectivity index (χ3n) is 4.98. The van der Waals surface area contributed by atoms with Crippen LogP contribution in [0.1, 0.15) is 25.8 Å². The molecule has 9 heteroatoms. The SMILES string of the molecule is Cc1cc(=O)oc2cc(O[C@@H]3O[C@H](CO)[C@@H](O)[C@H](O)[C@H]3NC(=O)CC(C)C)ccc12. The van der Waals surface area contributed by atoms with Gasteiger partial charge in [-0.3, -0.25) is 4.79 Å². The van der Waals surface area contributed by atoms with E-state index in [9.17, 15) is 24.9 Å². The summed E-state index contributed by atoms with van der Waals surface area (Å²) in [5.74, 6) is 0.0263. The Kier molecular flexibility index (Phi) is 6.77. The minimum Gasteiger partial charge on any atom is -0.462 e. The van der Waals surface area contributed by atoms with Gasteiger partial charge in [0.15, 0.2) is 0 Å². The van der Waals surface area contributed by atoms with Crippen molar-refractivity contribution in [2.75, 3.05) is 6.61 Å². The second-order valence-electron chi connectivity index (χ2n) is 7.92. The summed E-state index contributed by atoms with van der Waals surface area (Å²) in [7, 11) is 0. The van der Waals surface area contributed by atoms with Crippen molar-refractivity contribution < 1.29 is 34.0 Å². The fourth-order valence-electron chi connectivity index (χ4n) is 3.46. The van der Waals surface area contributed by atoms with Crippen molar-refractivity contribution in [2.45, 2.75) is 57.8 Å². The fraction of sp³-hybridized carbons (Fsp3) is 0.524. The number of aryl methyl sites for hydroxylation is 1. The van der Waals surface area contributed by atoms with Gasteiger partial charge in [0.25, 0.3) is 0 Å². The van der Waals surface area contributed by atoms with Gasteiger partial charge in [-0.2, -0.15) is 0 Å². The van der Waals surface area contributed by atoms with Crippen LogP contribution >= 0.6 is 0 Å². The zero-order chi connectivity index (χ0) is 22.0. The van der Waals surface area contributed by atoms with Crippen LogP contribution < -0.4 is 15.7 Å². The molecule has 1 aliphatic rings. The Morgan fingerprint density at radius 2 is 1.97 bits per heavy atom. The Morgan fingerprint density at radius 3 is 2.63 bits per heavy atom. The van der Waals surface area contributed by atoms with E-state index in [4.69, 9.17) is 13.9 Å². The average molecular weight is 421 g/mol. The van der Waals surface area contributed by atoms with Gasteiger partial charge in [-0.05, 0) is 30.5 Å². The van der Waals surface area contributed by atoms with Crippen LogP contribution in [0.4, 0.5) is 0 Å². The summed E-state index contributed by atoms with van der Waals surface area (Å²) in [5, 5.41) is 33.6. The molecule has 1 aromatic carbocycles. The first-order chi connectivity index (χ1) is 14.2. The molecule has 4 N–H and O–H groups in total. The number of ether oxygens (including phenoxy) is 2. The molecule has 5 atom stereocenters. The van der Waals surface area contributed by atoms with Gasteiger partial charge in [-0.15, -0.1) is 0 Å². The minimum atomic E-state index is -1.42. The molecule has 1 aromatic heterocycles. The van der Waals surface area contributed by atoms with E-state index in [0.717, 1.165) is 10.9 Å². The topological polar surface area (TPSA) is 138 Å².